The van der Waals surface area contributed by atoms with Crippen LogP contribution in [0.25, 0.3) is 10.9 Å². The van der Waals surface area contributed by atoms with Crippen LogP contribution in [0.15, 0.2) is 36.5 Å². The maximum absolute atomic E-state index is 5.76. The van der Waals surface area contributed by atoms with E-state index in [-0.39, 0.29) is 0 Å². The van der Waals surface area contributed by atoms with E-state index in [1.165, 1.54) is 0 Å². The highest BCUT2D eigenvalue weighted by atomic mass is 16.5. The van der Waals surface area contributed by atoms with Crippen LogP contribution in [0.4, 0.5) is 0 Å². The Labute approximate surface area is 102 Å². The second kappa shape index (κ2) is 6.21. The number of rotatable bonds is 6. The first-order chi connectivity index (χ1) is 8.42. The van der Waals surface area contributed by atoms with Gasteiger partial charge >= 0.3 is 0 Å². The fraction of sp³-hybridized carbons (Fsp3) is 0.357. The van der Waals surface area contributed by atoms with E-state index in [9.17, 15) is 0 Å². The van der Waals surface area contributed by atoms with Crippen LogP contribution in [0.3, 0.4) is 0 Å². The highest BCUT2D eigenvalue weighted by Gasteiger charge is 2.01. The smallest absolute Gasteiger partial charge is 0.130 e. The Hall–Kier alpha value is -1.61. The lowest BCUT2D eigenvalue weighted by Gasteiger charge is -2.09. The van der Waals surface area contributed by atoms with E-state index in [2.05, 4.69) is 17.2 Å². The molecule has 1 aromatic carbocycles. The molecule has 0 aliphatic carbocycles. The Kier molecular flexibility index (Phi) is 4.33. The number of nitrogens with one attached hydrogen (secondary N) is 1. The summed E-state index contributed by atoms with van der Waals surface area (Å²) < 4.78 is 5.76. The summed E-state index contributed by atoms with van der Waals surface area (Å²) >= 11 is 0. The van der Waals surface area contributed by atoms with E-state index in [4.69, 9.17) is 4.74 Å². The first kappa shape index (κ1) is 11.9. The van der Waals surface area contributed by atoms with Gasteiger partial charge in [-0.2, -0.15) is 0 Å². The first-order valence-electron chi connectivity index (χ1n) is 6.09. The van der Waals surface area contributed by atoms with Gasteiger partial charge in [0.1, 0.15) is 12.4 Å². The van der Waals surface area contributed by atoms with Crippen LogP contribution in [0, 0.1) is 0 Å². The normalized spacial score (nSPS) is 10.6. The summed E-state index contributed by atoms with van der Waals surface area (Å²) in [6, 6.07) is 9.95. The Morgan fingerprint density at radius 2 is 2.06 bits per heavy atom. The molecule has 0 unspecified atom stereocenters. The zero-order valence-corrected chi connectivity index (χ0v) is 10.1. The van der Waals surface area contributed by atoms with Crippen molar-refractivity contribution in [3.63, 3.8) is 0 Å². The van der Waals surface area contributed by atoms with Crippen LogP contribution in [0.2, 0.25) is 0 Å². The molecule has 0 bridgehead atoms. The summed E-state index contributed by atoms with van der Waals surface area (Å²) in [7, 11) is 0. The van der Waals surface area contributed by atoms with Gasteiger partial charge in [0.15, 0.2) is 0 Å². The van der Waals surface area contributed by atoms with Crippen molar-refractivity contribution in [1.82, 2.24) is 10.3 Å². The lowest BCUT2D eigenvalue weighted by molar-refractivity contribution is 0.317. The van der Waals surface area contributed by atoms with Gasteiger partial charge in [0, 0.05) is 18.1 Å². The van der Waals surface area contributed by atoms with E-state index in [1.807, 2.05) is 30.3 Å². The summed E-state index contributed by atoms with van der Waals surface area (Å²) in [4.78, 5) is 4.30. The molecule has 0 radical (unpaired) electrons. The Bertz CT molecular complexity index is 465. The van der Waals surface area contributed by atoms with Gasteiger partial charge < -0.3 is 10.1 Å². The van der Waals surface area contributed by atoms with Crippen molar-refractivity contribution in [2.75, 3.05) is 19.7 Å². The van der Waals surface area contributed by atoms with E-state index in [1.54, 1.807) is 6.20 Å². The molecule has 0 atom stereocenters. The number of hydrogen-bond acceptors (Lipinski definition) is 3. The molecule has 0 saturated heterocycles. The van der Waals surface area contributed by atoms with Gasteiger partial charge in [-0.25, -0.2) is 0 Å². The van der Waals surface area contributed by atoms with E-state index < -0.39 is 0 Å². The average molecular weight is 230 g/mol. The predicted molar refractivity (Wildman–Crippen MR) is 70.4 cm³/mol. The number of para-hydroxylation sites is 1. The van der Waals surface area contributed by atoms with Crippen molar-refractivity contribution in [3.8, 4) is 5.75 Å². The molecule has 3 heteroatoms. The van der Waals surface area contributed by atoms with E-state index >= 15 is 0 Å². The second-order valence-corrected chi connectivity index (χ2v) is 3.92. The van der Waals surface area contributed by atoms with E-state index in [0.29, 0.717) is 6.61 Å². The van der Waals surface area contributed by atoms with Crippen molar-refractivity contribution >= 4 is 10.9 Å². The lowest BCUT2D eigenvalue weighted by atomic mass is 10.2. The Morgan fingerprint density at radius 3 is 2.94 bits per heavy atom. The molecule has 1 heterocycles. The lowest BCUT2D eigenvalue weighted by Crippen LogP contribution is -2.21. The largest absolute Gasteiger partial charge is 0.492 e. The summed E-state index contributed by atoms with van der Waals surface area (Å²) in [6.45, 7) is 4.77. The number of fused-ring (bicyclic) bond motifs is 1. The monoisotopic (exact) mass is 230 g/mol. The molecule has 0 aliphatic rings. The number of aromatic nitrogens is 1. The molecule has 0 fully saturated rings. The summed E-state index contributed by atoms with van der Waals surface area (Å²) in [5.41, 5.74) is 0.978. The first-order valence-corrected chi connectivity index (χ1v) is 6.09. The zero-order valence-electron chi connectivity index (χ0n) is 10.1. The number of nitrogens with zero attached hydrogens (tertiary/aromatic N) is 1. The van der Waals surface area contributed by atoms with Crippen LogP contribution >= 0.6 is 0 Å². The molecule has 2 aromatic rings. The van der Waals surface area contributed by atoms with Crippen molar-refractivity contribution in [1.29, 1.82) is 0 Å². The summed E-state index contributed by atoms with van der Waals surface area (Å²) in [6.07, 6.45) is 2.94. The van der Waals surface area contributed by atoms with Crippen molar-refractivity contribution < 1.29 is 4.74 Å². The molecule has 2 rings (SSSR count). The maximum Gasteiger partial charge on any atom is 0.130 e. The molecule has 1 aromatic heterocycles. The molecular weight excluding hydrogens is 212 g/mol. The molecule has 0 saturated carbocycles. The Balaban J connectivity index is 1.98. The van der Waals surface area contributed by atoms with Crippen molar-refractivity contribution in [3.05, 3.63) is 36.5 Å². The molecule has 3 nitrogen and oxygen atoms in total. The van der Waals surface area contributed by atoms with Gasteiger partial charge in [-0.15, -0.1) is 0 Å². The molecule has 1 N–H and O–H groups in total. The van der Waals surface area contributed by atoms with Gasteiger partial charge in [-0.3, -0.25) is 4.98 Å². The molecular formula is C14H18N2O. The standard InChI is InChI=1S/C14H18N2O/c1-2-8-15-10-11-17-14-7-9-16-13-6-4-3-5-12(13)14/h3-7,9,15H,2,8,10-11H2,1H3. The topological polar surface area (TPSA) is 34.1 Å². The number of ether oxygens (including phenoxy) is 1. The fourth-order valence-corrected chi connectivity index (χ4v) is 1.73. The molecule has 0 amide bonds. The third kappa shape index (κ3) is 3.17. The third-order valence-electron chi connectivity index (χ3n) is 2.57. The summed E-state index contributed by atoms with van der Waals surface area (Å²) in [5.74, 6) is 0.911. The average Bonchev–Trinajstić information content (AvgIpc) is 2.39. The van der Waals surface area contributed by atoms with Gasteiger partial charge in [-0.05, 0) is 31.2 Å². The highest BCUT2D eigenvalue weighted by molar-refractivity contribution is 5.84. The number of pyridine rings is 1. The quantitative estimate of drug-likeness (QED) is 0.775. The van der Waals surface area contributed by atoms with Crippen LogP contribution in [-0.2, 0) is 0 Å². The minimum Gasteiger partial charge on any atom is -0.492 e. The van der Waals surface area contributed by atoms with Crippen LogP contribution in [0.1, 0.15) is 13.3 Å². The van der Waals surface area contributed by atoms with Crippen molar-refractivity contribution in [2.45, 2.75) is 13.3 Å². The SMILES string of the molecule is CCCNCCOc1ccnc2ccccc12. The summed E-state index contributed by atoms with van der Waals surface area (Å²) in [5, 5.41) is 4.39. The van der Waals surface area contributed by atoms with Gasteiger partial charge in [-0.1, -0.05) is 19.1 Å². The molecule has 17 heavy (non-hydrogen) atoms. The maximum atomic E-state index is 5.76. The number of benzene rings is 1. The van der Waals surface area contributed by atoms with Gasteiger partial charge in [0.05, 0.1) is 5.52 Å². The van der Waals surface area contributed by atoms with Gasteiger partial charge in [0.2, 0.25) is 0 Å². The third-order valence-corrected chi connectivity index (χ3v) is 2.57. The van der Waals surface area contributed by atoms with E-state index in [0.717, 1.165) is 36.2 Å². The Morgan fingerprint density at radius 1 is 1.18 bits per heavy atom. The van der Waals surface area contributed by atoms with Crippen LogP contribution < -0.4 is 10.1 Å². The highest BCUT2D eigenvalue weighted by Crippen LogP contribution is 2.22. The fourth-order valence-electron chi connectivity index (χ4n) is 1.73. The minimum atomic E-state index is 0.688. The van der Waals surface area contributed by atoms with Crippen LogP contribution in [-0.4, -0.2) is 24.7 Å². The van der Waals surface area contributed by atoms with Gasteiger partial charge in [0.25, 0.3) is 0 Å². The number of hydrogen-bond donors (Lipinski definition) is 1. The molecule has 90 valence electrons. The molecule has 0 aliphatic heterocycles. The molecule has 0 spiro atoms. The van der Waals surface area contributed by atoms with Crippen molar-refractivity contribution in [2.24, 2.45) is 0 Å². The zero-order chi connectivity index (χ0) is 11.9. The minimum absolute atomic E-state index is 0.688. The van der Waals surface area contributed by atoms with Crippen LogP contribution in [0.5, 0.6) is 5.75 Å². The predicted octanol–water partition coefficient (Wildman–Crippen LogP) is 2.61. The second-order valence-electron chi connectivity index (χ2n) is 3.92.